The predicted molar refractivity (Wildman–Crippen MR) is 76.4 cm³/mol. The van der Waals surface area contributed by atoms with Crippen molar-refractivity contribution in [2.45, 2.75) is 0 Å². The minimum absolute atomic E-state index is 0.0337. The molecule has 0 heterocycles. The van der Waals surface area contributed by atoms with Crippen LogP contribution in [0.5, 0.6) is 0 Å². The van der Waals surface area contributed by atoms with Crippen LogP contribution in [-0.4, -0.2) is 5.91 Å². The molecule has 2 aromatic carbocycles. The molecule has 1 amide bonds. The number of amides is 1. The van der Waals surface area contributed by atoms with Crippen LogP contribution in [0, 0.1) is 18.2 Å². The van der Waals surface area contributed by atoms with Gasteiger partial charge in [0.05, 0.1) is 5.56 Å². The van der Waals surface area contributed by atoms with Gasteiger partial charge in [-0.1, -0.05) is 18.1 Å². The first-order chi connectivity index (χ1) is 9.11. The third kappa shape index (κ3) is 3.01. The monoisotopic (exact) mass is 317 g/mol. The molecule has 0 bridgehead atoms. The van der Waals surface area contributed by atoms with Crippen molar-refractivity contribution in [1.29, 1.82) is 0 Å². The van der Waals surface area contributed by atoms with Gasteiger partial charge in [-0.25, -0.2) is 4.39 Å². The number of terminal acetylenes is 1. The first kappa shape index (κ1) is 13.3. The first-order valence-corrected chi connectivity index (χ1v) is 6.23. The van der Waals surface area contributed by atoms with Crippen molar-refractivity contribution in [3.63, 3.8) is 0 Å². The third-order valence-corrected chi connectivity index (χ3v) is 3.14. The number of benzene rings is 2. The lowest BCUT2D eigenvalue weighted by molar-refractivity contribution is 0.102. The van der Waals surface area contributed by atoms with E-state index in [9.17, 15) is 9.18 Å². The molecular weight excluding hydrogens is 309 g/mol. The van der Waals surface area contributed by atoms with Gasteiger partial charge in [-0.15, -0.1) is 6.42 Å². The zero-order valence-electron chi connectivity index (χ0n) is 9.78. The van der Waals surface area contributed by atoms with E-state index in [0.29, 0.717) is 15.7 Å². The van der Waals surface area contributed by atoms with Crippen molar-refractivity contribution < 1.29 is 9.18 Å². The van der Waals surface area contributed by atoms with Crippen LogP contribution in [0.3, 0.4) is 0 Å². The smallest absolute Gasteiger partial charge is 0.259 e. The van der Waals surface area contributed by atoms with Crippen molar-refractivity contribution in [3.8, 4) is 12.3 Å². The van der Waals surface area contributed by atoms with E-state index in [1.165, 1.54) is 12.1 Å². The molecule has 0 radical (unpaired) electrons. The highest BCUT2D eigenvalue weighted by atomic mass is 79.9. The Morgan fingerprint density at radius 3 is 2.68 bits per heavy atom. The number of rotatable bonds is 2. The summed E-state index contributed by atoms with van der Waals surface area (Å²) >= 11 is 3.16. The normalized spacial score (nSPS) is 9.74. The van der Waals surface area contributed by atoms with Crippen molar-refractivity contribution >= 4 is 27.5 Å². The Balaban J connectivity index is 2.29. The zero-order valence-corrected chi connectivity index (χ0v) is 11.4. The number of carbonyl (C=O) groups is 1. The highest BCUT2D eigenvalue weighted by molar-refractivity contribution is 9.10. The lowest BCUT2D eigenvalue weighted by Gasteiger charge is -2.08. The molecule has 0 unspecified atom stereocenters. The highest BCUT2D eigenvalue weighted by Gasteiger charge is 2.15. The summed E-state index contributed by atoms with van der Waals surface area (Å²) in [5, 5.41) is 2.61. The molecular formula is C15H9BrFNO. The molecule has 94 valence electrons. The van der Waals surface area contributed by atoms with Crippen LogP contribution >= 0.6 is 15.9 Å². The topological polar surface area (TPSA) is 29.1 Å². The fourth-order valence-electron chi connectivity index (χ4n) is 1.60. The minimum Gasteiger partial charge on any atom is -0.322 e. The van der Waals surface area contributed by atoms with E-state index in [1.807, 2.05) is 0 Å². The maximum absolute atomic E-state index is 13.6. The van der Waals surface area contributed by atoms with Gasteiger partial charge < -0.3 is 5.32 Å². The van der Waals surface area contributed by atoms with Crippen molar-refractivity contribution in [2.75, 3.05) is 5.32 Å². The van der Waals surface area contributed by atoms with E-state index in [4.69, 9.17) is 6.42 Å². The van der Waals surface area contributed by atoms with E-state index >= 15 is 0 Å². The fourth-order valence-corrected chi connectivity index (χ4v) is 2.12. The summed E-state index contributed by atoms with van der Waals surface area (Å²) in [5.74, 6) is 1.36. The van der Waals surface area contributed by atoms with E-state index in [-0.39, 0.29) is 5.56 Å². The van der Waals surface area contributed by atoms with Gasteiger partial charge in [-0.3, -0.25) is 4.79 Å². The Morgan fingerprint density at radius 2 is 2.00 bits per heavy atom. The largest absolute Gasteiger partial charge is 0.322 e. The lowest BCUT2D eigenvalue weighted by Crippen LogP contribution is -2.14. The average molecular weight is 318 g/mol. The molecule has 0 fully saturated rings. The molecule has 0 spiro atoms. The number of nitrogens with one attached hydrogen (secondary N) is 1. The van der Waals surface area contributed by atoms with Crippen molar-refractivity contribution in [1.82, 2.24) is 0 Å². The van der Waals surface area contributed by atoms with E-state index in [2.05, 4.69) is 27.2 Å². The molecule has 0 saturated carbocycles. The Kier molecular flexibility index (Phi) is 3.98. The van der Waals surface area contributed by atoms with E-state index < -0.39 is 11.7 Å². The Labute approximate surface area is 118 Å². The van der Waals surface area contributed by atoms with Gasteiger partial charge in [0.2, 0.25) is 0 Å². The second-order valence-electron chi connectivity index (χ2n) is 3.78. The summed E-state index contributed by atoms with van der Waals surface area (Å²) in [6, 6.07) is 11.2. The van der Waals surface area contributed by atoms with Gasteiger partial charge in [-0.2, -0.15) is 0 Å². The van der Waals surface area contributed by atoms with E-state index in [0.717, 1.165) is 0 Å². The molecule has 0 aliphatic rings. The number of anilines is 1. The summed E-state index contributed by atoms with van der Waals surface area (Å²) in [5.41, 5.74) is 1.13. The maximum atomic E-state index is 13.6. The lowest BCUT2D eigenvalue weighted by atomic mass is 10.1. The predicted octanol–water partition coefficient (Wildman–Crippen LogP) is 3.82. The third-order valence-electron chi connectivity index (χ3n) is 2.48. The molecule has 0 aliphatic heterocycles. The Morgan fingerprint density at radius 1 is 1.26 bits per heavy atom. The van der Waals surface area contributed by atoms with Gasteiger partial charge in [0.1, 0.15) is 5.82 Å². The highest BCUT2D eigenvalue weighted by Crippen LogP contribution is 2.21. The summed E-state index contributed by atoms with van der Waals surface area (Å²) in [6.07, 6.45) is 5.28. The SMILES string of the molecule is C#Cc1cccc(NC(=O)c2c(F)cccc2Br)c1. The molecule has 1 N–H and O–H groups in total. The molecule has 2 rings (SSSR count). The molecule has 2 aromatic rings. The quantitative estimate of drug-likeness (QED) is 0.838. The van der Waals surface area contributed by atoms with Crippen molar-refractivity contribution in [2.24, 2.45) is 0 Å². The number of carbonyl (C=O) groups excluding carboxylic acids is 1. The number of halogens is 2. The van der Waals surface area contributed by atoms with Gasteiger partial charge in [0.15, 0.2) is 0 Å². The number of hydrogen-bond acceptors (Lipinski definition) is 1. The zero-order chi connectivity index (χ0) is 13.8. The summed E-state index contributed by atoms with van der Waals surface area (Å²) in [4.78, 5) is 12.0. The summed E-state index contributed by atoms with van der Waals surface area (Å²) in [7, 11) is 0. The Bertz CT molecular complexity index is 656. The van der Waals surface area contributed by atoms with Crippen molar-refractivity contribution in [3.05, 3.63) is 63.9 Å². The van der Waals surface area contributed by atoms with Gasteiger partial charge in [0, 0.05) is 15.7 Å². The molecule has 0 aliphatic carbocycles. The maximum Gasteiger partial charge on any atom is 0.259 e. The number of hydrogen-bond donors (Lipinski definition) is 1. The van der Waals surface area contributed by atoms with Crippen LogP contribution in [-0.2, 0) is 0 Å². The van der Waals surface area contributed by atoms with Crippen LogP contribution in [0.4, 0.5) is 10.1 Å². The van der Waals surface area contributed by atoms with Crippen LogP contribution in [0.1, 0.15) is 15.9 Å². The first-order valence-electron chi connectivity index (χ1n) is 5.44. The van der Waals surface area contributed by atoms with E-state index in [1.54, 1.807) is 30.3 Å². The molecule has 2 nitrogen and oxygen atoms in total. The van der Waals surface area contributed by atoms with Crippen LogP contribution < -0.4 is 5.32 Å². The second kappa shape index (κ2) is 5.68. The minimum atomic E-state index is -0.583. The summed E-state index contributed by atoms with van der Waals surface area (Å²) in [6.45, 7) is 0. The molecule has 0 aromatic heterocycles. The van der Waals surface area contributed by atoms with Crippen LogP contribution in [0.15, 0.2) is 46.9 Å². The van der Waals surface area contributed by atoms with Gasteiger partial charge in [-0.05, 0) is 46.3 Å². The average Bonchev–Trinajstić information content (AvgIpc) is 2.38. The molecule has 4 heteroatoms. The Hall–Kier alpha value is -2.12. The van der Waals surface area contributed by atoms with Crippen LogP contribution in [0.2, 0.25) is 0 Å². The second-order valence-corrected chi connectivity index (χ2v) is 4.63. The molecule has 19 heavy (non-hydrogen) atoms. The fraction of sp³-hybridized carbons (Fsp3) is 0. The standard InChI is InChI=1S/C15H9BrFNO/c1-2-10-5-3-6-11(9-10)18-15(19)14-12(16)7-4-8-13(14)17/h1,3-9H,(H,18,19). The molecule has 0 atom stereocenters. The summed E-state index contributed by atoms with van der Waals surface area (Å²) < 4.78 is 14.0. The van der Waals surface area contributed by atoms with Gasteiger partial charge in [0.25, 0.3) is 5.91 Å². The van der Waals surface area contributed by atoms with Gasteiger partial charge >= 0.3 is 0 Å². The molecule has 0 saturated heterocycles. The van der Waals surface area contributed by atoms with Crippen LogP contribution in [0.25, 0.3) is 0 Å².